The highest BCUT2D eigenvalue weighted by Crippen LogP contribution is 2.43. The van der Waals surface area contributed by atoms with Crippen molar-refractivity contribution in [2.24, 2.45) is 11.3 Å². The zero-order chi connectivity index (χ0) is 12.2. The van der Waals surface area contributed by atoms with Gasteiger partial charge in [0.15, 0.2) is 5.92 Å². The van der Waals surface area contributed by atoms with Gasteiger partial charge in [-0.1, -0.05) is 26.2 Å². The van der Waals surface area contributed by atoms with E-state index in [-0.39, 0.29) is 5.41 Å². The van der Waals surface area contributed by atoms with Crippen molar-refractivity contribution >= 4 is 11.9 Å². The molecule has 0 atom stereocenters. The first-order valence-electron chi connectivity index (χ1n) is 5.71. The van der Waals surface area contributed by atoms with Crippen molar-refractivity contribution < 1.29 is 19.1 Å². The summed E-state index contributed by atoms with van der Waals surface area (Å²) < 4.78 is 9.43. The summed E-state index contributed by atoms with van der Waals surface area (Å²) in [7, 11) is 2.62. The zero-order valence-corrected chi connectivity index (χ0v) is 10.2. The van der Waals surface area contributed by atoms with E-state index >= 15 is 0 Å². The van der Waals surface area contributed by atoms with Crippen molar-refractivity contribution in [1.82, 2.24) is 0 Å². The number of hydrogen-bond donors (Lipinski definition) is 0. The van der Waals surface area contributed by atoms with E-state index < -0.39 is 17.9 Å². The van der Waals surface area contributed by atoms with Crippen LogP contribution in [0.4, 0.5) is 0 Å². The quantitative estimate of drug-likeness (QED) is 0.547. The summed E-state index contributed by atoms with van der Waals surface area (Å²) in [6.07, 6.45) is 5.04. The van der Waals surface area contributed by atoms with E-state index in [4.69, 9.17) is 9.47 Å². The van der Waals surface area contributed by atoms with Gasteiger partial charge in [-0.15, -0.1) is 0 Å². The maximum atomic E-state index is 11.7. The molecule has 4 heteroatoms. The summed E-state index contributed by atoms with van der Waals surface area (Å²) in [5.74, 6) is -1.73. The number of methoxy groups -OCH3 is 2. The molecule has 1 saturated carbocycles. The molecule has 4 nitrogen and oxygen atoms in total. The zero-order valence-electron chi connectivity index (χ0n) is 10.2. The molecule has 0 N–H and O–H groups in total. The number of hydrogen-bond acceptors (Lipinski definition) is 4. The third-order valence-electron chi connectivity index (χ3n) is 3.57. The molecule has 0 aromatic rings. The van der Waals surface area contributed by atoms with E-state index in [9.17, 15) is 9.59 Å². The molecule has 0 saturated heterocycles. The second-order valence-corrected chi connectivity index (χ2v) is 4.69. The molecule has 0 bridgehead atoms. The third kappa shape index (κ3) is 2.54. The first-order chi connectivity index (χ1) is 7.55. The van der Waals surface area contributed by atoms with Crippen LogP contribution in [0.5, 0.6) is 0 Å². The lowest BCUT2D eigenvalue weighted by Gasteiger charge is -2.37. The number of esters is 2. The molecule has 0 heterocycles. The number of rotatable bonds is 3. The maximum absolute atomic E-state index is 11.7. The molecule has 1 fully saturated rings. The minimum Gasteiger partial charge on any atom is -0.468 e. The molecule has 0 unspecified atom stereocenters. The molecule has 0 amide bonds. The Bertz CT molecular complexity index is 250. The van der Waals surface area contributed by atoms with E-state index in [1.165, 1.54) is 20.6 Å². The minimum atomic E-state index is -0.775. The van der Waals surface area contributed by atoms with Gasteiger partial charge in [0.1, 0.15) is 0 Å². The maximum Gasteiger partial charge on any atom is 0.320 e. The average molecular weight is 228 g/mol. The largest absolute Gasteiger partial charge is 0.468 e. The van der Waals surface area contributed by atoms with Crippen LogP contribution in [-0.4, -0.2) is 26.2 Å². The fourth-order valence-electron chi connectivity index (χ4n) is 2.55. The summed E-state index contributed by atoms with van der Waals surface area (Å²) in [6, 6.07) is 0. The Morgan fingerprint density at radius 1 is 1.00 bits per heavy atom. The van der Waals surface area contributed by atoms with Crippen LogP contribution < -0.4 is 0 Å². The van der Waals surface area contributed by atoms with Gasteiger partial charge in [0.25, 0.3) is 0 Å². The van der Waals surface area contributed by atoms with Crippen molar-refractivity contribution in [2.45, 2.75) is 39.0 Å². The Morgan fingerprint density at radius 3 is 1.81 bits per heavy atom. The molecule has 16 heavy (non-hydrogen) atoms. The number of carbonyl (C=O) groups is 2. The Labute approximate surface area is 96.3 Å². The SMILES string of the molecule is COC(=O)C(C(=O)OC)C1(C)CCCCC1. The molecule has 92 valence electrons. The summed E-state index contributed by atoms with van der Waals surface area (Å²) >= 11 is 0. The number of carbonyl (C=O) groups excluding carboxylic acids is 2. The van der Waals surface area contributed by atoms with Gasteiger partial charge in [-0.25, -0.2) is 0 Å². The van der Waals surface area contributed by atoms with Gasteiger partial charge in [0, 0.05) is 0 Å². The van der Waals surface area contributed by atoms with Gasteiger partial charge >= 0.3 is 11.9 Å². The van der Waals surface area contributed by atoms with Gasteiger partial charge < -0.3 is 9.47 Å². The molecule has 1 aliphatic carbocycles. The molecule has 0 aliphatic heterocycles. The first-order valence-corrected chi connectivity index (χ1v) is 5.71. The predicted octanol–water partition coefficient (Wildman–Crippen LogP) is 1.92. The predicted molar refractivity (Wildman–Crippen MR) is 58.7 cm³/mol. The highest BCUT2D eigenvalue weighted by atomic mass is 16.5. The van der Waals surface area contributed by atoms with Crippen LogP contribution >= 0.6 is 0 Å². The highest BCUT2D eigenvalue weighted by Gasteiger charge is 2.46. The summed E-state index contributed by atoms with van der Waals surface area (Å²) in [6.45, 7) is 1.98. The second kappa shape index (κ2) is 5.32. The average Bonchev–Trinajstić information content (AvgIpc) is 2.29. The van der Waals surface area contributed by atoms with Gasteiger partial charge in [0.05, 0.1) is 14.2 Å². The van der Waals surface area contributed by atoms with Crippen LogP contribution in [0.3, 0.4) is 0 Å². The van der Waals surface area contributed by atoms with Crippen molar-refractivity contribution in [1.29, 1.82) is 0 Å². The van der Waals surface area contributed by atoms with Gasteiger partial charge in [0.2, 0.25) is 0 Å². The van der Waals surface area contributed by atoms with E-state index in [0.29, 0.717) is 0 Å². The Morgan fingerprint density at radius 2 is 1.44 bits per heavy atom. The summed E-state index contributed by atoms with van der Waals surface area (Å²) in [5, 5.41) is 0. The summed E-state index contributed by atoms with van der Waals surface area (Å²) in [5.41, 5.74) is -0.307. The van der Waals surface area contributed by atoms with Crippen LogP contribution in [0, 0.1) is 11.3 Å². The monoisotopic (exact) mass is 228 g/mol. The Hall–Kier alpha value is -1.06. The van der Waals surface area contributed by atoms with Gasteiger partial charge in [-0.3, -0.25) is 9.59 Å². The van der Waals surface area contributed by atoms with Crippen LogP contribution in [0.15, 0.2) is 0 Å². The van der Waals surface area contributed by atoms with Gasteiger partial charge in [-0.2, -0.15) is 0 Å². The second-order valence-electron chi connectivity index (χ2n) is 4.69. The smallest absolute Gasteiger partial charge is 0.320 e. The molecule has 1 aliphatic rings. The van der Waals surface area contributed by atoms with E-state index in [1.807, 2.05) is 6.92 Å². The lowest BCUT2D eigenvalue weighted by molar-refractivity contribution is -0.166. The molecular formula is C12H20O4. The van der Waals surface area contributed by atoms with Crippen molar-refractivity contribution in [2.75, 3.05) is 14.2 Å². The third-order valence-corrected chi connectivity index (χ3v) is 3.57. The van der Waals surface area contributed by atoms with Crippen LogP contribution in [-0.2, 0) is 19.1 Å². The van der Waals surface area contributed by atoms with Crippen molar-refractivity contribution in [3.8, 4) is 0 Å². The molecular weight excluding hydrogens is 208 g/mol. The Kier molecular flexibility index (Phi) is 4.33. The van der Waals surface area contributed by atoms with Gasteiger partial charge in [-0.05, 0) is 18.3 Å². The molecule has 1 rings (SSSR count). The molecule has 0 radical (unpaired) electrons. The normalized spacial score (nSPS) is 19.2. The van der Waals surface area contributed by atoms with E-state index in [2.05, 4.69) is 0 Å². The van der Waals surface area contributed by atoms with Crippen molar-refractivity contribution in [3.05, 3.63) is 0 Å². The topological polar surface area (TPSA) is 52.6 Å². The fraction of sp³-hybridized carbons (Fsp3) is 0.833. The van der Waals surface area contributed by atoms with E-state index in [1.54, 1.807) is 0 Å². The first kappa shape index (κ1) is 13.0. The lowest BCUT2D eigenvalue weighted by atomic mass is 9.67. The van der Waals surface area contributed by atoms with Crippen LogP contribution in [0.2, 0.25) is 0 Å². The van der Waals surface area contributed by atoms with Crippen LogP contribution in [0.25, 0.3) is 0 Å². The minimum absolute atomic E-state index is 0.307. The standard InChI is InChI=1S/C12H20O4/c1-12(7-5-4-6-8-12)9(10(13)15-2)11(14)16-3/h9H,4-8H2,1-3H3. The Balaban J connectivity index is 2.89. The summed E-state index contributed by atoms with van der Waals surface area (Å²) in [4.78, 5) is 23.4. The van der Waals surface area contributed by atoms with Crippen LogP contribution in [0.1, 0.15) is 39.0 Å². The lowest BCUT2D eigenvalue weighted by Crippen LogP contribution is -2.41. The fourth-order valence-corrected chi connectivity index (χ4v) is 2.55. The van der Waals surface area contributed by atoms with E-state index in [0.717, 1.165) is 25.7 Å². The molecule has 0 aromatic heterocycles. The highest BCUT2D eigenvalue weighted by molar-refractivity contribution is 5.95. The van der Waals surface area contributed by atoms with Crippen molar-refractivity contribution in [3.63, 3.8) is 0 Å². The molecule has 0 aromatic carbocycles. The number of ether oxygens (including phenoxy) is 2. The molecule has 0 spiro atoms.